The summed E-state index contributed by atoms with van der Waals surface area (Å²) < 4.78 is 0.874. The molecule has 84 valence electrons. The molecule has 0 unspecified atom stereocenters. The Kier molecular flexibility index (Phi) is 3.50. The van der Waals surface area contributed by atoms with E-state index in [-0.39, 0.29) is 5.75 Å². The van der Waals surface area contributed by atoms with Gasteiger partial charge in [0.05, 0.1) is 5.52 Å². The van der Waals surface area contributed by atoms with E-state index >= 15 is 0 Å². The Morgan fingerprint density at radius 3 is 2.69 bits per heavy atom. The van der Waals surface area contributed by atoms with Crippen molar-refractivity contribution < 1.29 is 5.11 Å². The minimum atomic E-state index is 0.284. The van der Waals surface area contributed by atoms with Crippen LogP contribution in [0, 0.1) is 0 Å². The molecule has 0 aliphatic carbocycles. The maximum absolute atomic E-state index is 9.53. The molecule has 0 aliphatic rings. The number of aromatic nitrogens is 1. The predicted octanol–water partition coefficient (Wildman–Crippen LogP) is 4.16. The van der Waals surface area contributed by atoms with E-state index in [4.69, 9.17) is 0 Å². The molecule has 1 N–H and O–H groups in total. The lowest BCUT2D eigenvalue weighted by atomic mass is 10.0. The van der Waals surface area contributed by atoms with Crippen LogP contribution in [0.1, 0.15) is 18.1 Å². The highest BCUT2D eigenvalue weighted by molar-refractivity contribution is 9.10. The number of phenols is 1. The highest BCUT2D eigenvalue weighted by Gasteiger charge is 2.11. The molecule has 2 aromatic rings. The first kappa shape index (κ1) is 11.9. The molecule has 0 amide bonds. The SMILES string of the molecule is CCc1c(CBr)c(Br)nc2ccc(O)cc12. The smallest absolute Gasteiger partial charge is 0.116 e. The number of fused-ring (bicyclic) bond motifs is 1. The molecule has 0 radical (unpaired) electrons. The van der Waals surface area contributed by atoms with Crippen molar-refractivity contribution in [1.82, 2.24) is 4.98 Å². The van der Waals surface area contributed by atoms with Crippen LogP contribution >= 0.6 is 31.9 Å². The highest BCUT2D eigenvalue weighted by atomic mass is 79.9. The van der Waals surface area contributed by atoms with Gasteiger partial charge in [0.25, 0.3) is 0 Å². The molecule has 0 saturated heterocycles. The fourth-order valence-corrected chi connectivity index (χ4v) is 3.41. The maximum Gasteiger partial charge on any atom is 0.116 e. The van der Waals surface area contributed by atoms with Gasteiger partial charge in [-0.3, -0.25) is 0 Å². The molecule has 2 nitrogen and oxygen atoms in total. The molecule has 1 aromatic heterocycles. The average molecular weight is 345 g/mol. The minimum Gasteiger partial charge on any atom is -0.508 e. The van der Waals surface area contributed by atoms with E-state index < -0.39 is 0 Å². The summed E-state index contributed by atoms with van der Waals surface area (Å²) in [5.74, 6) is 0.284. The fraction of sp³-hybridized carbons (Fsp3) is 0.250. The second-order valence-electron chi connectivity index (χ2n) is 3.55. The number of alkyl halides is 1. The molecule has 0 atom stereocenters. The second kappa shape index (κ2) is 4.72. The standard InChI is InChI=1S/C12H11Br2NO/c1-2-8-9-5-7(16)3-4-11(9)15-12(14)10(8)6-13/h3-5,16H,2,6H2,1H3. The molecule has 0 saturated carbocycles. The molecule has 0 fully saturated rings. The molecule has 4 heteroatoms. The topological polar surface area (TPSA) is 33.1 Å². The van der Waals surface area contributed by atoms with Crippen molar-refractivity contribution in [2.24, 2.45) is 0 Å². The Balaban J connectivity index is 2.86. The zero-order valence-electron chi connectivity index (χ0n) is 8.80. The zero-order chi connectivity index (χ0) is 11.7. The van der Waals surface area contributed by atoms with Gasteiger partial charge in [-0.15, -0.1) is 0 Å². The molecule has 16 heavy (non-hydrogen) atoms. The van der Waals surface area contributed by atoms with Crippen molar-refractivity contribution in [3.05, 3.63) is 33.9 Å². The Bertz CT molecular complexity index is 540. The number of hydrogen-bond acceptors (Lipinski definition) is 2. The average Bonchev–Trinajstić information content (AvgIpc) is 2.28. The van der Waals surface area contributed by atoms with E-state index in [1.807, 2.05) is 6.07 Å². The minimum absolute atomic E-state index is 0.284. The summed E-state index contributed by atoms with van der Waals surface area (Å²) in [6, 6.07) is 5.28. The summed E-state index contributed by atoms with van der Waals surface area (Å²) in [5.41, 5.74) is 3.29. The van der Waals surface area contributed by atoms with Crippen molar-refractivity contribution in [1.29, 1.82) is 0 Å². The highest BCUT2D eigenvalue weighted by Crippen LogP contribution is 2.30. The molecular weight excluding hydrogens is 334 g/mol. The van der Waals surface area contributed by atoms with Crippen LogP contribution in [0.5, 0.6) is 5.75 Å². The summed E-state index contributed by atoms with van der Waals surface area (Å²) >= 11 is 6.96. The van der Waals surface area contributed by atoms with Crippen LogP contribution in [0.4, 0.5) is 0 Å². The van der Waals surface area contributed by atoms with Gasteiger partial charge in [0.15, 0.2) is 0 Å². The monoisotopic (exact) mass is 343 g/mol. The molecule has 0 aliphatic heterocycles. The number of hydrogen-bond donors (Lipinski definition) is 1. The van der Waals surface area contributed by atoms with Gasteiger partial charge in [-0.25, -0.2) is 4.98 Å². The van der Waals surface area contributed by atoms with Gasteiger partial charge in [0.1, 0.15) is 10.4 Å². The molecule has 0 spiro atoms. The number of benzene rings is 1. The number of pyridine rings is 1. The predicted molar refractivity (Wildman–Crippen MR) is 73.1 cm³/mol. The quantitative estimate of drug-likeness (QED) is 0.655. The summed E-state index contributed by atoms with van der Waals surface area (Å²) in [6.07, 6.45) is 0.919. The number of phenolic OH excluding ortho intramolecular Hbond substituents is 1. The third-order valence-corrected chi connectivity index (χ3v) is 3.84. The first-order valence-electron chi connectivity index (χ1n) is 5.03. The van der Waals surface area contributed by atoms with Gasteiger partial charge in [-0.05, 0) is 51.7 Å². The summed E-state index contributed by atoms with van der Waals surface area (Å²) in [6.45, 7) is 2.11. The van der Waals surface area contributed by atoms with Crippen molar-refractivity contribution in [3.8, 4) is 5.75 Å². The molecule has 1 heterocycles. The summed E-state index contributed by atoms with van der Waals surface area (Å²) in [5, 5.41) is 11.3. The number of aryl methyl sites for hydroxylation is 1. The molecule has 2 rings (SSSR count). The van der Waals surface area contributed by atoms with E-state index in [0.717, 1.165) is 32.8 Å². The Labute approximate surface area is 111 Å². The number of nitrogens with zero attached hydrogens (tertiary/aromatic N) is 1. The van der Waals surface area contributed by atoms with Crippen LogP contribution in [0.3, 0.4) is 0 Å². The van der Waals surface area contributed by atoms with Crippen LogP contribution in [0.15, 0.2) is 22.8 Å². The van der Waals surface area contributed by atoms with Crippen LogP contribution < -0.4 is 0 Å². The lowest BCUT2D eigenvalue weighted by molar-refractivity contribution is 0.476. The number of halogens is 2. The Hall–Kier alpha value is -0.610. The fourth-order valence-electron chi connectivity index (χ4n) is 1.86. The Morgan fingerprint density at radius 1 is 1.31 bits per heavy atom. The third-order valence-electron chi connectivity index (χ3n) is 2.62. The van der Waals surface area contributed by atoms with Crippen molar-refractivity contribution in [2.45, 2.75) is 18.7 Å². The normalized spacial score (nSPS) is 10.9. The van der Waals surface area contributed by atoms with Gasteiger partial charge in [0, 0.05) is 10.7 Å². The van der Waals surface area contributed by atoms with Gasteiger partial charge in [0.2, 0.25) is 0 Å². The number of rotatable bonds is 2. The third kappa shape index (κ3) is 1.96. The summed E-state index contributed by atoms with van der Waals surface area (Å²) in [4.78, 5) is 4.47. The maximum atomic E-state index is 9.53. The van der Waals surface area contributed by atoms with Crippen LogP contribution in [0.2, 0.25) is 0 Å². The van der Waals surface area contributed by atoms with Gasteiger partial charge in [-0.2, -0.15) is 0 Å². The molecular formula is C12H11Br2NO. The second-order valence-corrected chi connectivity index (χ2v) is 4.86. The van der Waals surface area contributed by atoms with Gasteiger partial charge in [-0.1, -0.05) is 22.9 Å². The van der Waals surface area contributed by atoms with Crippen molar-refractivity contribution in [3.63, 3.8) is 0 Å². The lowest BCUT2D eigenvalue weighted by Gasteiger charge is -2.11. The molecule has 0 bridgehead atoms. The first-order chi connectivity index (χ1) is 7.67. The van der Waals surface area contributed by atoms with Gasteiger partial charge < -0.3 is 5.11 Å². The van der Waals surface area contributed by atoms with Crippen LogP contribution in [-0.2, 0) is 11.8 Å². The van der Waals surface area contributed by atoms with E-state index in [0.29, 0.717) is 0 Å². The van der Waals surface area contributed by atoms with E-state index in [9.17, 15) is 5.11 Å². The lowest BCUT2D eigenvalue weighted by Crippen LogP contribution is -1.96. The van der Waals surface area contributed by atoms with Crippen LogP contribution in [-0.4, -0.2) is 10.1 Å². The first-order valence-corrected chi connectivity index (χ1v) is 6.94. The van der Waals surface area contributed by atoms with E-state index in [1.165, 1.54) is 5.56 Å². The molecule has 1 aromatic carbocycles. The van der Waals surface area contributed by atoms with Crippen LogP contribution in [0.25, 0.3) is 10.9 Å². The number of aromatic hydroxyl groups is 1. The van der Waals surface area contributed by atoms with Crippen molar-refractivity contribution >= 4 is 42.8 Å². The Morgan fingerprint density at radius 2 is 2.06 bits per heavy atom. The largest absolute Gasteiger partial charge is 0.508 e. The van der Waals surface area contributed by atoms with Gasteiger partial charge >= 0.3 is 0 Å². The summed E-state index contributed by atoms with van der Waals surface area (Å²) in [7, 11) is 0. The van der Waals surface area contributed by atoms with Crippen molar-refractivity contribution in [2.75, 3.05) is 0 Å². The van der Waals surface area contributed by atoms with E-state index in [2.05, 4.69) is 43.8 Å². The zero-order valence-corrected chi connectivity index (χ0v) is 12.0. The van der Waals surface area contributed by atoms with E-state index in [1.54, 1.807) is 12.1 Å².